The summed E-state index contributed by atoms with van der Waals surface area (Å²) in [6.45, 7) is 1.73. The van der Waals surface area contributed by atoms with Crippen molar-refractivity contribution in [3.8, 4) is 0 Å². The minimum absolute atomic E-state index is 0.0159. The number of sulfonamides is 1. The molecule has 0 spiro atoms. The zero-order valence-electron chi connectivity index (χ0n) is 10.0. The number of aryl methyl sites for hydroxylation is 1. The summed E-state index contributed by atoms with van der Waals surface area (Å²) < 4.78 is 28.4. The number of aliphatic hydroxyl groups excluding tert-OH is 1. The maximum atomic E-state index is 12.1. The first-order valence-electron chi connectivity index (χ1n) is 5.72. The van der Waals surface area contributed by atoms with E-state index in [9.17, 15) is 8.42 Å². The molecule has 0 bridgehead atoms. The van der Waals surface area contributed by atoms with Gasteiger partial charge in [0.05, 0.1) is 11.5 Å². The molecular formula is C11H18N2O3S. The molecule has 2 N–H and O–H groups in total. The van der Waals surface area contributed by atoms with Gasteiger partial charge in [0, 0.05) is 25.0 Å². The molecule has 1 atom stereocenters. The van der Waals surface area contributed by atoms with Gasteiger partial charge in [0.1, 0.15) is 0 Å². The fraction of sp³-hybridized carbons (Fsp3) is 0.636. The molecule has 96 valence electrons. The second-order valence-electron chi connectivity index (χ2n) is 4.68. The number of nitrogens with one attached hydrogen (secondary N) is 1. The Bertz CT molecular complexity index is 503. The summed E-state index contributed by atoms with van der Waals surface area (Å²) in [6.07, 6.45) is 3.72. The Balaban J connectivity index is 2.18. The fourth-order valence-corrected chi connectivity index (χ4v) is 3.29. The van der Waals surface area contributed by atoms with Crippen molar-refractivity contribution in [2.45, 2.75) is 37.3 Å². The lowest BCUT2D eigenvalue weighted by atomic mass is 10.2. The number of aromatic nitrogens is 1. The van der Waals surface area contributed by atoms with Crippen molar-refractivity contribution in [1.82, 2.24) is 9.29 Å². The van der Waals surface area contributed by atoms with Crippen LogP contribution in [0.1, 0.15) is 25.5 Å². The van der Waals surface area contributed by atoms with E-state index < -0.39 is 10.0 Å². The number of nitrogens with zero attached hydrogens (tertiary/aromatic N) is 1. The van der Waals surface area contributed by atoms with Crippen LogP contribution in [0.3, 0.4) is 0 Å². The highest BCUT2D eigenvalue weighted by Gasteiger charge is 2.31. The third-order valence-corrected chi connectivity index (χ3v) is 4.75. The molecule has 2 rings (SSSR count). The van der Waals surface area contributed by atoms with Gasteiger partial charge in [0.2, 0.25) is 10.0 Å². The smallest absolute Gasteiger partial charge is 0.242 e. The van der Waals surface area contributed by atoms with E-state index in [-0.39, 0.29) is 17.5 Å². The first kappa shape index (κ1) is 12.6. The van der Waals surface area contributed by atoms with Crippen LogP contribution >= 0.6 is 0 Å². The molecule has 0 saturated heterocycles. The highest BCUT2D eigenvalue weighted by Crippen LogP contribution is 2.33. The standard InChI is InChI=1S/C11H18N2O3S/c1-8(9-3-4-9)12-17(15,16)11-5-10(7-14)13(2)6-11/h5-6,8-9,12,14H,3-4,7H2,1-2H3. The summed E-state index contributed by atoms with van der Waals surface area (Å²) in [5, 5.41) is 9.04. The highest BCUT2D eigenvalue weighted by molar-refractivity contribution is 7.89. The van der Waals surface area contributed by atoms with E-state index in [0.29, 0.717) is 11.6 Å². The van der Waals surface area contributed by atoms with E-state index in [1.807, 2.05) is 6.92 Å². The second kappa shape index (κ2) is 4.44. The van der Waals surface area contributed by atoms with Crippen molar-refractivity contribution in [3.63, 3.8) is 0 Å². The lowest BCUT2D eigenvalue weighted by Crippen LogP contribution is -2.33. The fourth-order valence-electron chi connectivity index (χ4n) is 1.89. The Labute approximate surface area is 102 Å². The molecular weight excluding hydrogens is 240 g/mol. The van der Waals surface area contributed by atoms with Gasteiger partial charge in [0.15, 0.2) is 0 Å². The van der Waals surface area contributed by atoms with Crippen LogP contribution in [0.2, 0.25) is 0 Å². The average molecular weight is 258 g/mol. The van der Waals surface area contributed by atoms with Crippen molar-refractivity contribution in [3.05, 3.63) is 18.0 Å². The molecule has 1 aromatic heterocycles. The van der Waals surface area contributed by atoms with Gasteiger partial charge in [0.25, 0.3) is 0 Å². The maximum absolute atomic E-state index is 12.1. The van der Waals surface area contributed by atoms with Gasteiger partial charge in [-0.2, -0.15) is 0 Å². The minimum Gasteiger partial charge on any atom is -0.390 e. The quantitative estimate of drug-likeness (QED) is 0.812. The number of aliphatic hydroxyl groups is 1. The van der Waals surface area contributed by atoms with Crippen molar-refractivity contribution in [1.29, 1.82) is 0 Å². The largest absolute Gasteiger partial charge is 0.390 e. The first-order valence-corrected chi connectivity index (χ1v) is 7.21. The topological polar surface area (TPSA) is 71.3 Å². The summed E-state index contributed by atoms with van der Waals surface area (Å²) >= 11 is 0. The average Bonchev–Trinajstić information content (AvgIpc) is 3.01. The lowest BCUT2D eigenvalue weighted by molar-refractivity contribution is 0.272. The molecule has 5 nitrogen and oxygen atoms in total. The highest BCUT2D eigenvalue weighted by atomic mass is 32.2. The maximum Gasteiger partial charge on any atom is 0.242 e. The van der Waals surface area contributed by atoms with Gasteiger partial charge < -0.3 is 9.67 Å². The second-order valence-corrected chi connectivity index (χ2v) is 6.40. The van der Waals surface area contributed by atoms with E-state index in [1.165, 1.54) is 12.3 Å². The van der Waals surface area contributed by atoms with Crippen LogP contribution in [0.4, 0.5) is 0 Å². The molecule has 1 saturated carbocycles. The Morgan fingerprint density at radius 1 is 1.59 bits per heavy atom. The molecule has 1 aliphatic carbocycles. The monoisotopic (exact) mass is 258 g/mol. The normalized spacial score (nSPS) is 18.3. The van der Waals surface area contributed by atoms with E-state index >= 15 is 0 Å². The third-order valence-electron chi connectivity index (χ3n) is 3.23. The van der Waals surface area contributed by atoms with Gasteiger partial charge >= 0.3 is 0 Å². The van der Waals surface area contributed by atoms with Crippen LogP contribution in [0.25, 0.3) is 0 Å². The molecule has 1 aliphatic rings. The van der Waals surface area contributed by atoms with Gasteiger partial charge in [-0.05, 0) is 31.7 Å². The molecule has 0 amide bonds. The minimum atomic E-state index is -3.46. The van der Waals surface area contributed by atoms with Gasteiger partial charge in [-0.25, -0.2) is 13.1 Å². The molecule has 0 aromatic carbocycles. The Morgan fingerprint density at radius 2 is 2.24 bits per heavy atom. The Kier molecular flexibility index (Phi) is 3.29. The van der Waals surface area contributed by atoms with E-state index in [1.54, 1.807) is 11.6 Å². The van der Waals surface area contributed by atoms with Crippen LogP contribution in [0, 0.1) is 5.92 Å². The summed E-state index contributed by atoms with van der Waals surface area (Å²) in [4.78, 5) is 0.219. The molecule has 0 radical (unpaired) electrons. The van der Waals surface area contributed by atoms with Crippen LogP contribution < -0.4 is 4.72 Å². The molecule has 1 unspecified atom stereocenters. The van der Waals surface area contributed by atoms with Crippen LogP contribution in [-0.4, -0.2) is 24.1 Å². The third kappa shape index (κ3) is 2.70. The van der Waals surface area contributed by atoms with Crippen molar-refractivity contribution in [2.24, 2.45) is 13.0 Å². The molecule has 0 aliphatic heterocycles. The van der Waals surface area contributed by atoms with Gasteiger partial charge in [-0.1, -0.05) is 0 Å². The SMILES string of the molecule is CC(NS(=O)(=O)c1cc(CO)n(C)c1)C1CC1. The van der Waals surface area contributed by atoms with Crippen LogP contribution in [-0.2, 0) is 23.7 Å². The van der Waals surface area contributed by atoms with Gasteiger partial charge in [-0.3, -0.25) is 0 Å². The van der Waals surface area contributed by atoms with Crippen molar-refractivity contribution in [2.75, 3.05) is 0 Å². The number of rotatable bonds is 5. The molecule has 1 heterocycles. The summed E-state index contributed by atoms with van der Waals surface area (Å²) in [6, 6.07) is 1.49. The Hall–Kier alpha value is -0.850. The summed E-state index contributed by atoms with van der Waals surface area (Å²) in [7, 11) is -1.74. The molecule has 17 heavy (non-hydrogen) atoms. The van der Waals surface area contributed by atoms with E-state index in [4.69, 9.17) is 5.11 Å². The van der Waals surface area contributed by atoms with Crippen LogP contribution in [0.5, 0.6) is 0 Å². The van der Waals surface area contributed by atoms with Crippen molar-refractivity contribution < 1.29 is 13.5 Å². The first-order chi connectivity index (χ1) is 7.94. The molecule has 1 aromatic rings. The van der Waals surface area contributed by atoms with Crippen LogP contribution in [0.15, 0.2) is 17.2 Å². The number of hydrogen-bond acceptors (Lipinski definition) is 3. The van der Waals surface area contributed by atoms with Crippen molar-refractivity contribution >= 4 is 10.0 Å². The predicted molar refractivity (Wildman–Crippen MR) is 63.8 cm³/mol. The zero-order chi connectivity index (χ0) is 12.6. The zero-order valence-corrected chi connectivity index (χ0v) is 10.9. The number of hydrogen-bond donors (Lipinski definition) is 2. The summed E-state index contributed by atoms with van der Waals surface area (Å²) in [5.74, 6) is 0.478. The summed E-state index contributed by atoms with van der Waals surface area (Å²) in [5.41, 5.74) is 0.587. The van der Waals surface area contributed by atoms with E-state index in [0.717, 1.165) is 12.8 Å². The lowest BCUT2D eigenvalue weighted by Gasteiger charge is -2.11. The van der Waals surface area contributed by atoms with E-state index in [2.05, 4.69) is 4.72 Å². The molecule has 6 heteroatoms. The van der Waals surface area contributed by atoms with Gasteiger partial charge in [-0.15, -0.1) is 0 Å². The predicted octanol–water partition coefficient (Wildman–Crippen LogP) is 0.594. The molecule has 1 fully saturated rings. The Morgan fingerprint density at radius 3 is 2.71 bits per heavy atom.